The summed E-state index contributed by atoms with van der Waals surface area (Å²) in [6.45, 7) is 1.75. The van der Waals surface area contributed by atoms with Crippen molar-refractivity contribution in [2.75, 3.05) is 0 Å². The van der Waals surface area contributed by atoms with E-state index in [9.17, 15) is 0 Å². The van der Waals surface area contributed by atoms with Crippen molar-refractivity contribution in [2.24, 2.45) is 5.16 Å². The number of nitrogens with zero attached hydrogens (tertiary/aromatic N) is 2. The summed E-state index contributed by atoms with van der Waals surface area (Å²) >= 11 is 5.88. The van der Waals surface area contributed by atoms with Crippen molar-refractivity contribution in [3.8, 4) is 11.4 Å². The highest BCUT2D eigenvalue weighted by Gasteiger charge is 2.07. The Bertz CT molecular complexity index is 790. The van der Waals surface area contributed by atoms with E-state index in [-0.39, 0.29) is 0 Å². The Morgan fingerprint density at radius 2 is 1.95 bits per heavy atom. The predicted molar refractivity (Wildman–Crippen MR) is 80.5 cm³/mol. The molecule has 20 heavy (non-hydrogen) atoms. The molecule has 0 fully saturated rings. The lowest BCUT2D eigenvalue weighted by Gasteiger charge is -1.97. The molecule has 4 nitrogen and oxygen atoms in total. The number of benzene rings is 2. The number of nitrogens with one attached hydrogen (secondary N) is 1. The van der Waals surface area contributed by atoms with Crippen molar-refractivity contribution < 1.29 is 5.21 Å². The summed E-state index contributed by atoms with van der Waals surface area (Å²) in [6, 6.07) is 13.2. The minimum absolute atomic E-state index is 0.564. The van der Waals surface area contributed by atoms with E-state index in [4.69, 9.17) is 16.8 Å². The molecule has 0 radical (unpaired) electrons. The van der Waals surface area contributed by atoms with Crippen LogP contribution in [0.3, 0.4) is 0 Å². The predicted octanol–water partition coefficient (Wildman–Crippen LogP) is 4.08. The number of fused-ring (bicyclic) bond motifs is 1. The van der Waals surface area contributed by atoms with Crippen LogP contribution in [0.25, 0.3) is 22.4 Å². The van der Waals surface area contributed by atoms with Gasteiger partial charge >= 0.3 is 0 Å². The molecule has 0 spiro atoms. The van der Waals surface area contributed by atoms with E-state index in [0.29, 0.717) is 10.7 Å². The van der Waals surface area contributed by atoms with Crippen molar-refractivity contribution in [2.45, 2.75) is 6.92 Å². The van der Waals surface area contributed by atoms with E-state index >= 15 is 0 Å². The van der Waals surface area contributed by atoms with Crippen LogP contribution >= 0.6 is 11.6 Å². The minimum atomic E-state index is 0.564. The van der Waals surface area contributed by atoms with Gasteiger partial charge in [-0.15, -0.1) is 0 Å². The van der Waals surface area contributed by atoms with Crippen LogP contribution in [0.5, 0.6) is 0 Å². The monoisotopic (exact) mass is 285 g/mol. The maximum Gasteiger partial charge on any atom is 0.138 e. The summed E-state index contributed by atoms with van der Waals surface area (Å²) < 4.78 is 0. The molecule has 0 amide bonds. The highest BCUT2D eigenvalue weighted by atomic mass is 35.5. The zero-order chi connectivity index (χ0) is 14.1. The van der Waals surface area contributed by atoms with Crippen LogP contribution in [0.4, 0.5) is 0 Å². The van der Waals surface area contributed by atoms with Crippen LogP contribution in [0.1, 0.15) is 12.5 Å². The van der Waals surface area contributed by atoms with Crippen molar-refractivity contribution in [1.29, 1.82) is 0 Å². The molecule has 0 saturated carbocycles. The molecule has 3 aromatic rings. The van der Waals surface area contributed by atoms with Crippen molar-refractivity contribution >= 4 is 28.3 Å². The number of oxime groups is 1. The second kappa shape index (κ2) is 4.98. The molecule has 1 aromatic heterocycles. The van der Waals surface area contributed by atoms with Gasteiger partial charge in [-0.1, -0.05) is 22.8 Å². The zero-order valence-electron chi connectivity index (χ0n) is 10.8. The number of hydrogen-bond donors (Lipinski definition) is 2. The van der Waals surface area contributed by atoms with Gasteiger partial charge in [-0.25, -0.2) is 4.98 Å². The van der Waals surface area contributed by atoms with Crippen LogP contribution in [0, 0.1) is 0 Å². The number of imidazole rings is 1. The smallest absolute Gasteiger partial charge is 0.138 e. The third-order valence-corrected chi connectivity index (χ3v) is 3.42. The highest BCUT2D eigenvalue weighted by molar-refractivity contribution is 6.30. The Kier molecular flexibility index (Phi) is 3.16. The summed E-state index contributed by atoms with van der Waals surface area (Å²) in [5.41, 5.74) is 4.15. The number of aromatic nitrogens is 2. The van der Waals surface area contributed by atoms with Gasteiger partial charge in [-0.05, 0) is 43.3 Å². The van der Waals surface area contributed by atoms with Gasteiger partial charge in [0.25, 0.3) is 0 Å². The molecule has 100 valence electrons. The fourth-order valence-corrected chi connectivity index (χ4v) is 2.16. The molecule has 2 N–H and O–H groups in total. The number of halogens is 1. The first-order valence-electron chi connectivity index (χ1n) is 6.12. The topological polar surface area (TPSA) is 61.3 Å². The third kappa shape index (κ3) is 2.26. The van der Waals surface area contributed by atoms with E-state index in [1.165, 1.54) is 0 Å². The van der Waals surface area contributed by atoms with Crippen LogP contribution in [-0.4, -0.2) is 20.9 Å². The molecule has 3 rings (SSSR count). The molecule has 0 unspecified atom stereocenters. The molecule has 1 heterocycles. The lowest BCUT2D eigenvalue weighted by atomic mass is 10.1. The number of rotatable bonds is 2. The summed E-state index contributed by atoms with van der Waals surface area (Å²) in [6.07, 6.45) is 0. The van der Waals surface area contributed by atoms with Gasteiger partial charge in [0.1, 0.15) is 5.82 Å². The van der Waals surface area contributed by atoms with Gasteiger partial charge in [0.15, 0.2) is 0 Å². The van der Waals surface area contributed by atoms with Crippen LogP contribution in [-0.2, 0) is 0 Å². The Morgan fingerprint density at radius 1 is 1.20 bits per heavy atom. The van der Waals surface area contributed by atoms with Crippen LogP contribution in [0.2, 0.25) is 5.02 Å². The van der Waals surface area contributed by atoms with E-state index in [2.05, 4.69) is 15.1 Å². The maximum atomic E-state index is 8.82. The van der Waals surface area contributed by atoms with Gasteiger partial charge in [0, 0.05) is 16.1 Å². The van der Waals surface area contributed by atoms with Gasteiger partial charge in [0.05, 0.1) is 16.7 Å². The maximum absolute atomic E-state index is 8.82. The summed E-state index contributed by atoms with van der Waals surface area (Å²) in [7, 11) is 0. The molecule has 2 aromatic carbocycles. The van der Waals surface area contributed by atoms with Gasteiger partial charge in [-0.2, -0.15) is 0 Å². The number of aromatic amines is 1. The van der Waals surface area contributed by atoms with E-state index in [1.54, 1.807) is 6.92 Å². The molecule has 0 bridgehead atoms. The lowest BCUT2D eigenvalue weighted by molar-refractivity contribution is 0.319. The van der Waals surface area contributed by atoms with Crippen molar-refractivity contribution in [3.05, 3.63) is 53.1 Å². The van der Waals surface area contributed by atoms with Gasteiger partial charge in [0.2, 0.25) is 0 Å². The zero-order valence-corrected chi connectivity index (χ0v) is 11.5. The molecule has 0 atom stereocenters. The molecular weight excluding hydrogens is 274 g/mol. The molecule has 0 aliphatic carbocycles. The number of H-pyrrole nitrogens is 1. The average molecular weight is 286 g/mol. The Hall–Kier alpha value is -2.33. The molecule has 0 saturated heterocycles. The van der Waals surface area contributed by atoms with E-state index in [0.717, 1.165) is 28.0 Å². The second-order valence-corrected chi connectivity index (χ2v) is 4.95. The van der Waals surface area contributed by atoms with Crippen molar-refractivity contribution in [1.82, 2.24) is 9.97 Å². The Balaban J connectivity index is 2.08. The summed E-state index contributed by atoms with van der Waals surface area (Å²) in [4.78, 5) is 7.80. The SMILES string of the molecule is C/C(=N\O)c1ccc2nc(-c3ccc(Cl)cc3)[nH]c2c1. The van der Waals surface area contributed by atoms with E-state index < -0.39 is 0 Å². The van der Waals surface area contributed by atoms with Crippen LogP contribution < -0.4 is 0 Å². The molecule has 0 aliphatic rings. The summed E-state index contributed by atoms with van der Waals surface area (Å²) in [5.74, 6) is 0.785. The Morgan fingerprint density at radius 3 is 2.65 bits per heavy atom. The minimum Gasteiger partial charge on any atom is -0.411 e. The van der Waals surface area contributed by atoms with Crippen LogP contribution in [0.15, 0.2) is 47.6 Å². The molecule has 5 heteroatoms. The quantitative estimate of drug-likeness (QED) is 0.423. The fourth-order valence-electron chi connectivity index (χ4n) is 2.04. The lowest BCUT2D eigenvalue weighted by Crippen LogP contribution is -1.93. The van der Waals surface area contributed by atoms with E-state index in [1.807, 2.05) is 42.5 Å². The Labute approximate surface area is 120 Å². The number of hydrogen-bond acceptors (Lipinski definition) is 3. The first-order valence-corrected chi connectivity index (χ1v) is 6.50. The van der Waals surface area contributed by atoms with Gasteiger partial charge < -0.3 is 10.2 Å². The molecule has 0 aliphatic heterocycles. The first kappa shape index (κ1) is 12.7. The average Bonchev–Trinajstić information content (AvgIpc) is 2.90. The summed E-state index contributed by atoms with van der Waals surface area (Å²) in [5, 5.41) is 12.7. The highest BCUT2D eigenvalue weighted by Crippen LogP contribution is 2.23. The fraction of sp³-hybridized carbons (Fsp3) is 0.0667. The first-order chi connectivity index (χ1) is 9.67. The molecular formula is C15H12ClN3O. The second-order valence-electron chi connectivity index (χ2n) is 4.51. The largest absolute Gasteiger partial charge is 0.411 e. The van der Waals surface area contributed by atoms with Gasteiger partial charge in [-0.3, -0.25) is 0 Å². The van der Waals surface area contributed by atoms with Crippen molar-refractivity contribution in [3.63, 3.8) is 0 Å². The standard InChI is InChI=1S/C15H12ClN3O/c1-9(19-20)11-4-7-13-14(8-11)18-15(17-13)10-2-5-12(16)6-3-10/h2-8,20H,1H3,(H,17,18)/b19-9+. The normalized spacial score (nSPS) is 12.0. The third-order valence-electron chi connectivity index (χ3n) is 3.17.